The van der Waals surface area contributed by atoms with Gasteiger partial charge in [0.05, 0.1) is 44.5 Å². The number of rotatable bonds is 10. The molecule has 0 radical (unpaired) electrons. The maximum absolute atomic E-state index is 13.7. The summed E-state index contributed by atoms with van der Waals surface area (Å²) in [5.74, 6) is -0.0922. The van der Waals surface area contributed by atoms with Gasteiger partial charge in [0.15, 0.2) is 0 Å². The van der Waals surface area contributed by atoms with Crippen LogP contribution >= 0.6 is 15.9 Å². The maximum Gasteiger partial charge on any atom is 0.314 e. The zero-order valence-electron chi connectivity index (χ0n) is 25.9. The number of carbonyl (C=O) groups excluding carboxylic acids is 1. The zero-order chi connectivity index (χ0) is 32.4. The van der Waals surface area contributed by atoms with E-state index in [4.69, 9.17) is 14.2 Å². The largest absolute Gasteiger partial charge is 0.488 e. The molecule has 0 aliphatic carbocycles. The smallest absolute Gasteiger partial charge is 0.314 e. The van der Waals surface area contributed by atoms with Crippen molar-refractivity contribution in [2.24, 2.45) is 5.41 Å². The number of esters is 1. The standard InChI is InChI=1S/C33H37BrN4O6S/c1-22-13-14-25(16-26(22)19-38-17-23(2)44-29-11-6-7-12-30(29)45(38,40)41)31(33(3,4)32(39)42-5)43-21-28-20-37(36-35-28)18-24-9-8-10-27(34)15-24/h6-16,20,23,31H,17-19,21H2,1-5H3/t23-,31?/m1/s1. The highest BCUT2D eigenvalue weighted by atomic mass is 79.9. The summed E-state index contributed by atoms with van der Waals surface area (Å²) in [5, 5.41) is 8.53. The highest BCUT2D eigenvalue weighted by Crippen LogP contribution is 2.40. The van der Waals surface area contributed by atoms with Gasteiger partial charge >= 0.3 is 5.97 Å². The second-order valence-corrected chi connectivity index (χ2v) is 14.6. The molecule has 10 nitrogen and oxygen atoms in total. The van der Waals surface area contributed by atoms with Crippen LogP contribution in [-0.2, 0) is 44.0 Å². The third-order valence-corrected chi connectivity index (χ3v) is 10.2. The second-order valence-electron chi connectivity index (χ2n) is 11.8. The lowest BCUT2D eigenvalue weighted by Crippen LogP contribution is -2.36. The van der Waals surface area contributed by atoms with E-state index in [1.54, 1.807) is 42.8 Å². The van der Waals surface area contributed by atoms with E-state index in [9.17, 15) is 13.2 Å². The van der Waals surface area contributed by atoms with Gasteiger partial charge < -0.3 is 14.2 Å². The van der Waals surface area contributed by atoms with E-state index in [1.165, 1.54) is 11.4 Å². The minimum atomic E-state index is -3.83. The monoisotopic (exact) mass is 696 g/mol. The van der Waals surface area contributed by atoms with E-state index in [1.807, 2.05) is 62.5 Å². The Hall–Kier alpha value is -3.58. The predicted octanol–water partition coefficient (Wildman–Crippen LogP) is 5.83. The molecule has 1 aliphatic rings. The lowest BCUT2D eigenvalue weighted by molar-refractivity contribution is -0.162. The van der Waals surface area contributed by atoms with E-state index >= 15 is 0 Å². The van der Waals surface area contributed by atoms with E-state index in [0.717, 1.165) is 21.2 Å². The van der Waals surface area contributed by atoms with Crippen LogP contribution in [0.25, 0.3) is 0 Å². The lowest BCUT2D eigenvalue weighted by atomic mass is 9.81. The van der Waals surface area contributed by atoms with Crippen molar-refractivity contribution in [2.45, 2.75) is 64.5 Å². The number of nitrogens with zero attached hydrogens (tertiary/aromatic N) is 4. The van der Waals surface area contributed by atoms with Crippen molar-refractivity contribution < 1.29 is 27.4 Å². The third-order valence-electron chi connectivity index (χ3n) is 7.86. The number of aromatic nitrogens is 3. The fourth-order valence-electron chi connectivity index (χ4n) is 5.47. The van der Waals surface area contributed by atoms with Gasteiger partial charge in [-0.3, -0.25) is 4.79 Å². The Morgan fingerprint density at radius 1 is 1.11 bits per heavy atom. The molecule has 4 aromatic rings. The van der Waals surface area contributed by atoms with Crippen LogP contribution in [0.2, 0.25) is 0 Å². The van der Waals surface area contributed by atoms with E-state index in [-0.39, 0.29) is 30.7 Å². The number of hydrogen-bond acceptors (Lipinski definition) is 8. The number of halogens is 1. The average Bonchev–Trinajstić information content (AvgIpc) is 3.41. The SMILES string of the molecule is COC(=O)C(C)(C)C(OCc1cn(Cc2cccc(Br)c2)nn1)c1ccc(C)c(CN2C[C@@H](C)Oc3ccccc3S2(=O)=O)c1. The molecule has 2 heterocycles. The molecule has 12 heteroatoms. The molecule has 238 valence electrons. The summed E-state index contributed by atoms with van der Waals surface area (Å²) in [6, 6.07) is 20.4. The average molecular weight is 698 g/mol. The molecular weight excluding hydrogens is 660 g/mol. The van der Waals surface area contributed by atoms with Crippen molar-refractivity contribution in [3.8, 4) is 5.75 Å². The van der Waals surface area contributed by atoms with Crippen molar-refractivity contribution >= 4 is 31.9 Å². The van der Waals surface area contributed by atoms with Crippen LogP contribution in [-0.4, -0.2) is 53.4 Å². The van der Waals surface area contributed by atoms with Crippen LogP contribution in [0, 0.1) is 12.3 Å². The van der Waals surface area contributed by atoms with Crippen LogP contribution < -0.4 is 4.74 Å². The number of para-hydroxylation sites is 1. The van der Waals surface area contributed by atoms with Gasteiger partial charge in [-0.15, -0.1) is 5.10 Å². The van der Waals surface area contributed by atoms with E-state index in [2.05, 4.69) is 26.2 Å². The number of fused-ring (bicyclic) bond motifs is 1. The van der Waals surface area contributed by atoms with Crippen LogP contribution in [0.5, 0.6) is 5.75 Å². The summed E-state index contributed by atoms with van der Waals surface area (Å²) in [4.78, 5) is 13.1. The van der Waals surface area contributed by atoms with Gasteiger partial charge in [0.25, 0.3) is 0 Å². The third kappa shape index (κ3) is 7.30. The Kier molecular flexibility index (Phi) is 9.78. The maximum atomic E-state index is 13.7. The first-order chi connectivity index (χ1) is 21.4. The quantitative estimate of drug-likeness (QED) is 0.191. The Morgan fingerprint density at radius 3 is 2.64 bits per heavy atom. The molecule has 0 saturated carbocycles. The van der Waals surface area contributed by atoms with Crippen molar-refractivity contribution in [3.05, 3.63) is 105 Å². The van der Waals surface area contributed by atoms with Crippen LogP contribution in [0.1, 0.15) is 54.8 Å². The molecule has 1 unspecified atom stereocenters. The first-order valence-corrected chi connectivity index (χ1v) is 16.8. The minimum absolute atomic E-state index is 0.0962. The number of hydrogen-bond donors (Lipinski definition) is 0. The van der Waals surface area contributed by atoms with Gasteiger partial charge in [0.2, 0.25) is 10.0 Å². The van der Waals surface area contributed by atoms with Gasteiger partial charge in [0, 0.05) is 11.0 Å². The fourth-order valence-corrected chi connectivity index (χ4v) is 7.53. The normalized spacial score (nSPS) is 17.2. The van der Waals surface area contributed by atoms with Gasteiger partial charge in [-0.2, -0.15) is 4.31 Å². The fraction of sp³-hybridized carbons (Fsp3) is 0.364. The molecule has 45 heavy (non-hydrogen) atoms. The lowest BCUT2D eigenvalue weighted by Gasteiger charge is -2.32. The molecule has 3 aromatic carbocycles. The number of carbonyl (C=O) groups is 1. The molecule has 1 aliphatic heterocycles. The number of benzene rings is 3. The first kappa shape index (κ1) is 32.8. The Morgan fingerprint density at radius 2 is 1.89 bits per heavy atom. The molecule has 5 rings (SSSR count). The molecule has 0 N–H and O–H groups in total. The number of aryl methyl sites for hydroxylation is 1. The predicted molar refractivity (Wildman–Crippen MR) is 172 cm³/mol. The van der Waals surface area contributed by atoms with Gasteiger partial charge in [-0.25, -0.2) is 13.1 Å². The summed E-state index contributed by atoms with van der Waals surface area (Å²) in [6.07, 6.45) is 0.732. The molecule has 0 amide bonds. The Bertz CT molecular complexity index is 1790. The number of sulfonamides is 1. The Balaban J connectivity index is 1.41. The summed E-state index contributed by atoms with van der Waals surface area (Å²) in [7, 11) is -2.48. The first-order valence-electron chi connectivity index (χ1n) is 14.6. The minimum Gasteiger partial charge on any atom is -0.488 e. The molecule has 0 spiro atoms. The van der Waals surface area contributed by atoms with Crippen molar-refractivity contribution in [2.75, 3.05) is 13.7 Å². The molecule has 2 atom stereocenters. The van der Waals surface area contributed by atoms with Gasteiger partial charge in [-0.05, 0) is 74.2 Å². The van der Waals surface area contributed by atoms with E-state index in [0.29, 0.717) is 23.6 Å². The Labute approximate surface area is 272 Å². The molecule has 1 aromatic heterocycles. The summed E-state index contributed by atoms with van der Waals surface area (Å²) < 4.78 is 49.1. The van der Waals surface area contributed by atoms with Crippen molar-refractivity contribution in [1.29, 1.82) is 0 Å². The second kappa shape index (κ2) is 13.4. The van der Waals surface area contributed by atoms with Gasteiger partial charge in [-0.1, -0.05) is 63.6 Å². The molecular formula is C33H37BrN4O6S. The van der Waals surface area contributed by atoms with Crippen LogP contribution in [0.4, 0.5) is 0 Å². The van der Waals surface area contributed by atoms with Crippen molar-refractivity contribution in [1.82, 2.24) is 19.3 Å². The summed E-state index contributed by atoms with van der Waals surface area (Å²) in [6.45, 7) is 8.26. The highest BCUT2D eigenvalue weighted by molar-refractivity contribution is 9.10. The van der Waals surface area contributed by atoms with Crippen LogP contribution in [0.3, 0.4) is 0 Å². The summed E-state index contributed by atoms with van der Waals surface area (Å²) >= 11 is 3.49. The highest BCUT2D eigenvalue weighted by Gasteiger charge is 2.41. The van der Waals surface area contributed by atoms with Crippen LogP contribution in [0.15, 0.2) is 82.3 Å². The molecule has 0 fully saturated rings. The number of ether oxygens (including phenoxy) is 3. The van der Waals surface area contributed by atoms with E-state index < -0.39 is 27.5 Å². The zero-order valence-corrected chi connectivity index (χ0v) is 28.3. The topological polar surface area (TPSA) is 113 Å². The van der Waals surface area contributed by atoms with Crippen molar-refractivity contribution in [3.63, 3.8) is 0 Å². The molecule has 0 bridgehead atoms. The number of methoxy groups -OCH3 is 1. The summed E-state index contributed by atoms with van der Waals surface area (Å²) in [5.41, 5.74) is 3.00. The molecule has 0 saturated heterocycles. The van der Waals surface area contributed by atoms with Gasteiger partial charge in [0.1, 0.15) is 22.4 Å².